The molecule has 2 heterocycles. The number of hydrogen-bond acceptors (Lipinski definition) is 5. The van der Waals surface area contributed by atoms with Gasteiger partial charge in [-0.3, -0.25) is 4.79 Å². The molecule has 1 amide bonds. The number of benzene rings is 1. The van der Waals surface area contributed by atoms with Gasteiger partial charge in [0.1, 0.15) is 18.2 Å². The molecule has 0 saturated carbocycles. The number of fused-ring (bicyclic) bond motifs is 1. The average Bonchev–Trinajstić information content (AvgIpc) is 3.15. The minimum Gasteiger partial charge on any atom is -0.454 e. The summed E-state index contributed by atoms with van der Waals surface area (Å²) in [5.41, 5.74) is 1.41. The maximum atomic E-state index is 12.1. The monoisotopic (exact) mass is 371 g/mol. The molecule has 0 radical (unpaired) electrons. The lowest BCUT2D eigenvalue weighted by atomic mass is 10.1. The molecule has 0 atom stereocenters. The summed E-state index contributed by atoms with van der Waals surface area (Å²) < 4.78 is 10.8. The Balaban J connectivity index is 1.49. The molecular formula is C20H27N4O3+. The van der Waals surface area contributed by atoms with Gasteiger partial charge in [-0.2, -0.15) is 5.26 Å². The van der Waals surface area contributed by atoms with Crippen LogP contribution in [0.4, 0.5) is 0 Å². The van der Waals surface area contributed by atoms with Crippen molar-refractivity contribution in [3.8, 4) is 17.6 Å². The first kappa shape index (κ1) is 19.1. The quantitative estimate of drug-likeness (QED) is 0.413. The summed E-state index contributed by atoms with van der Waals surface area (Å²) in [5.74, 6) is 1.35. The highest BCUT2D eigenvalue weighted by molar-refractivity contribution is 5.97. The third-order valence-corrected chi connectivity index (χ3v) is 4.89. The summed E-state index contributed by atoms with van der Waals surface area (Å²) in [6, 6.07) is 8.13. The van der Waals surface area contributed by atoms with Crippen molar-refractivity contribution in [2.45, 2.75) is 26.3 Å². The van der Waals surface area contributed by atoms with E-state index in [0.717, 1.165) is 57.1 Å². The number of carbonyl (C=O) groups is 1. The number of hydrogen-bond donors (Lipinski definition) is 2. The Morgan fingerprint density at radius 1 is 1.33 bits per heavy atom. The maximum absolute atomic E-state index is 12.1. The lowest BCUT2D eigenvalue weighted by Gasteiger charge is -2.31. The van der Waals surface area contributed by atoms with Crippen molar-refractivity contribution < 1.29 is 19.2 Å². The zero-order valence-corrected chi connectivity index (χ0v) is 15.8. The fourth-order valence-electron chi connectivity index (χ4n) is 3.28. The van der Waals surface area contributed by atoms with Gasteiger partial charge in [0.2, 0.25) is 6.79 Å². The van der Waals surface area contributed by atoms with E-state index >= 15 is 0 Å². The van der Waals surface area contributed by atoms with Crippen LogP contribution in [-0.2, 0) is 11.3 Å². The van der Waals surface area contributed by atoms with Gasteiger partial charge in [-0.1, -0.05) is 13.3 Å². The normalized spacial score (nSPS) is 16.9. The van der Waals surface area contributed by atoms with Crippen LogP contribution in [0, 0.1) is 11.3 Å². The van der Waals surface area contributed by atoms with Crippen LogP contribution in [0.3, 0.4) is 0 Å². The summed E-state index contributed by atoms with van der Waals surface area (Å²) >= 11 is 0. The minimum atomic E-state index is -0.277. The fourth-order valence-corrected chi connectivity index (χ4v) is 3.28. The van der Waals surface area contributed by atoms with Gasteiger partial charge in [-0.15, -0.1) is 0 Å². The third-order valence-electron chi connectivity index (χ3n) is 4.89. The standard InChI is InChI=1S/C20H26N4O3/c1-2-3-6-22-20(25)17(12-21)14-24-9-7-23(8-10-24)13-16-4-5-18-19(11-16)27-15-26-18/h4-5,11,14H,2-3,6-10,13,15H2,1H3,(H,22,25)/p+1/b17-14+. The molecule has 1 saturated heterocycles. The molecule has 7 nitrogen and oxygen atoms in total. The summed E-state index contributed by atoms with van der Waals surface area (Å²) in [5, 5.41) is 12.1. The SMILES string of the molecule is CCCCNC(=O)/C(C#N)=C/N1CC[NH+](Cc2ccc3c(c2)OCO3)CC1. The molecule has 1 aromatic carbocycles. The van der Waals surface area contributed by atoms with Crippen LogP contribution in [0.1, 0.15) is 25.3 Å². The van der Waals surface area contributed by atoms with Crippen molar-refractivity contribution in [2.24, 2.45) is 0 Å². The maximum Gasteiger partial charge on any atom is 0.263 e. The number of nitriles is 1. The zero-order valence-electron chi connectivity index (χ0n) is 15.8. The van der Waals surface area contributed by atoms with Crippen molar-refractivity contribution in [2.75, 3.05) is 39.5 Å². The Hall–Kier alpha value is -2.72. The number of quaternary nitrogens is 1. The highest BCUT2D eigenvalue weighted by Crippen LogP contribution is 2.32. The molecule has 2 N–H and O–H groups in total. The van der Waals surface area contributed by atoms with Gasteiger partial charge in [-0.25, -0.2) is 0 Å². The Bertz CT molecular complexity index is 733. The van der Waals surface area contributed by atoms with Crippen LogP contribution in [0.15, 0.2) is 30.0 Å². The summed E-state index contributed by atoms with van der Waals surface area (Å²) in [6.07, 6.45) is 3.64. The summed E-state index contributed by atoms with van der Waals surface area (Å²) in [6.45, 7) is 7.48. The van der Waals surface area contributed by atoms with E-state index in [1.165, 1.54) is 10.5 Å². The number of nitrogens with zero attached hydrogens (tertiary/aromatic N) is 2. The van der Waals surface area contributed by atoms with E-state index in [2.05, 4.69) is 29.3 Å². The lowest BCUT2D eigenvalue weighted by molar-refractivity contribution is -0.917. The second-order valence-electron chi connectivity index (χ2n) is 6.91. The Labute approximate surface area is 160 Å². The van der Waals surface area contributed by atoms with Gasteiger partial charge >= 0.3 is 0 Å². The molecule has 1 fully saturated rings. The number of nitrogens with one attached hydrogen (secondary N) is 2. The Kier molecular flexibility index (Phi) is 6.55. The van der Waals surface area contributed by atoms with Crippen molar-refractivity contribution in [3.05, 3.63) is 35.5 Å². The van der Waals surface area contributed by atoms with Crippen molar-refractivity contribution in [1.29, 1.82) is 5.26 Å². The minimum absolute atomic E-state index is 0.185. The Morgan fingerprint density at radius 2 is 2.11 bits per heavy atom. The molecule has 3 rings (SSSR count). The summed E-state index contributed by atoms with van der Waals surface area (Å²) in [7, 11) is 0. The molecule has 7 heteroatoms. The molecule has 2 aliphatic heterocycles. The number of unbranched alkanes of at least 4 members (excludes halogenated alkanes) is 1. The molecule has 0 spiro atoms. The zero-order chi connectivity index (χ0) is 19.1. The van der Waals surface area contributed by atoms with Gasteiger partial charge < -0.3 is 24.6 Å². The van der Waals surface area contributed by atoms with Crippen LogP contribution in [0.2, 0.25) is 0 Å². The molecule has 144 valence electrons. The van der Waals surface area contributed by atoms with Gasteiger partial charge in [0.15, 0.2) is 11.5 Å². The summed E-state index contributed by atoms with van der Waals surface area (Å²) in [4.78, 5) is 15.6. The van der Waals surface area contributed by atoms with Crippen LogP contribution in [-0.4, -0.2) is 50.3 Å². The van der Waals surface area contributed by atoms with E-state index in [-0.39, 0.29) is 11.5 Å². The van der Waals surface area contributed by atoms with E-state index in [1.807, 2.05) is 12.1 Å². The molecule has 2 aliphatic rings. The number of amides is 1. The first-order chi connectivity index (χ1) is 13.2. The number of ether oxygens (including phenoxy) is 2. The molecule has 1 aromatic rings. The largest absolute Gasteiger partial charge is 0.454 e. The fraction of sp³-hybridized carbons (Fsp3) is 0.500. The number of piperazine rings is 1. The van der Waals surface area contributed by atoms with E-state index in [1.54, 1.807) is 6.20 Å². The van der Waals surface area contributed by atoms with Gasteiger partial charge in [-0.05, 0) is 24.6 Å². The van der Waals surface area contributed by atoms with Crippen LogP contribution in [0.5, 0.6) is 11.5 Å². The predicted molar refractivity (Wildman–Crippen MR) is 100 cm³/mol. The van der Waals surface area contributed by atoms with E-state index in [9.17, 15) is 10.1 Å². The van der Waals surface area contributed by atoms with Crippen molar-refractivity contribution >= 4 is 5.91 Å². The van der Waals surface area contributed by atoms with Crippen LogP contribution >= 0.6 is 0 Å². The van der Waals surface area contributed by atoms with Crippen LogP contribution in [0.25, 0.3) is 0 Å². The molecule has 0 bridgehead atoms. The number of rotatable bonds is 7. The van der Waals surface area contributed by atoms with E-state index in [4.69, 9.17) is 9.47 Å². The third kappa shape index (κ3) is 5.14. The molecule has 27 heavy (non-hydrogen) atoms. The highest BCUT2D eigenvalue weighted by Gasteiger charge is 2.21. The molecule has 0 unspecified atom stereocenters. The molecular weight excluding hydrogens is 344 g/mol. The number of carbonyl (C=O) groups excluding carboxylic acids is 1. The van der Waals surface area contributed by atoms with Crippen molar-refractivity contribution in [1.82, 2.24) is 10.2 Å². The lowest BCUT2D eigenvalue weighted by Crippen LogP contribution is -3.13. The topological polar surface area (TPSA) is 79.0 Å². The first-order valence-corrected chi connectivity index (χ1v) is 9.56. The highest BCUT2D eigenvalue weighted by atomic mass is 16.7. The van der Waals surface area contributed by atoms with Crippen molar-refractivity contribution in [3.63, 3.8) is 0 Å². The second kappa shape index (κ2) is 9.28. The molecule has 0 aromatic heterocycles. The van der Waals surface area contributed by atoms with Gasteiger partial charge in [0, 0.05) is 18.3 Å². The van der Waals surface area contributed by atoms with Crippen LogP contribution < -0.4 is 19.7 Å². The second-order valence-corrected chi connectivity index (χ2v) is 6.91. The average molecular weight is 371 g/mol. The van der Waals surface area contributed by atoms with E-state index < -0.39 is 0 Å². The predicted octanol–water partition coefficient (Wildman–Crippen LogP) is 0.440. The molecule has 0 aliphatic carbocycles. The first-order valence-electron chi connectivity index (χ1n) is 9.56. The smallest absolute Gasteiger partial charge is 0.263 e. The van der Waals surface area contributed by atoms with Gasteiger partial charge in [0.05, 0.1) is 26.2 Å². The van der Waals surface area contributed by atoms with Gasteiger partial charge in [0.25, 0.3) is 5.91 Å². The Morgan fingerprint density at radius 3 is 2.85 bits per heavy atom. The van der Waals surface area contributed by atoms with E-state index in [0.29, 0.717) is 13.3 Å².